The van der Waals surface area contributed by atoms with Crippen molar-refractivity contribution in [2.24, 2.45) is 0 Å². The van der Waals surface area contributed by atoms with Gasteiger partial charge < -0.3 is 14.3 Å². The summed E-state index contributed by atoms with van der Waals surface area (Å²) in [5.41, 5.74) is 0. The van der Waals surface area contributed by atoms with E-state index in [1.807, 2.05) is 0 Å². The molecule has 0 saturated carbocycles. The van der Waals surface area contributed by atoms with Gasteiger partial charge in [0.1, 0.15) is 6.10 Å². The molecular weight excluding hydrogens is 144 g/mol. The van der Waals surface area contributed by atoms with Crippen molar-refractivity contribution in [2.45, 2.75) is 31.5 Å². The van der Waals surface area contributed by atoms with Crippen LogP contribution in [0.2, 0.25) is 0 Å². The molecule has 0 aromatic carbocycles. The highest BCUT2D eigenvalue weighted by molar-refractivity contribution is 5.57. The zero-order chi connectivity index (χ0) is 8.10. The van der Waals surface area contributed by atoms with Crippen LogP contribution in [-0.2, 0) is 14.3 Å². The zero-order valence-electron chi connectivity index (χ0n) is 6.79. The molecule has 0 spiro atoms. The molecule has 1 rings (SSSR count). The molecule has 1 aliphatic rings. The van der Waals surface area contributed by atoms with Crippen LogP contribution in [0.1, 0.15) is 19.3 Å². The van der Waals surface area contributed by atoms with Gasteiger partial charge in [-0.3, -0.25) is 0 Å². The Balaban J connectivity index is 2.35. The van der Waals surface area contributed by atoms with E-state index < -0.39 is 0 Å². The number of hydrogen-bond acceptors (Lipinski definition) is 3. The molecule has 1 fully saturated rings. The van der Waals surface area contributed by atoms with Gasteiger partial charge in [0.15, 0.2) is 6.29 Å². The summed E-state index contributed by atoms with van der Waals surface area (Å²) in [7, 11) is 1.54. The first-order chi connectivity index (χ1) is 5.38. The van der Waals surface area contributed by atoms with Crippen molar-refractivity contribution < 1.29 is 14.3 Å². The van der Waals surface area contributed by atoms with Crippen molar-refractivity contribution in [1.29, 1.82) is 0 Å². The minimum Gasteiger partial charge on any atom is -0.375 e. The Bertz CT molecular complexity index is 119. The standard InChI is InChI=1S/C8H14O3/c1-10-8(6-9)7-4-2-3-5-11-7/h6-8H,2-5H2,1H3. The summed E-state index contributed by atoms with van der Waals surface area (Å²) in [6.45, 7) is 0.762. The average molecular weight is 158 g/mol. The van der Waals surface area contributed by atoms with Gasteiger partial charge in [0.05, 0.1) is 6.10 Å². The number of ether oxygens (including phenoxy) is 2. The quantitative estimate of drug-likeness (QED) is 0.569. The molecule has 1 heterocycles. The third-order valence-corrected chi connectivity index (χ3v) is 1.99. The molecule has 1 saturated heterocycles. The van der Waals surface area contributed by atoms with E-state index in [-0.39, 0.29) is 12.2 Å². The van der Waals surface area contributed by atoms with E-state index in [4.69, 9.17) is 9.47 Å². The fourth-order valence-electron chi connectivity index (χ4n) is 1.32. The lowest BCUT2D eigenvalue weighted by Gasteiger charge is -2.25. The van der Waals surface area contributed by atoms with E-state index in [0.717, 1.165) is 32.2 Å². The Labute approximate surface area is 66.7 Å². The SMILES string of the molecule is COC(C=O)C1CCCCO1. The predicted octanol–water partition coefficient (Wildman–Crippen LogP) is 0.769. The van der Waals surface area contributed by atoms with Gasteiger partial charge in [-0.15, -0.1) is 0 Å². The van der Waals surface area contributed by atoms with Gasteiger partial charge in [0.25, 0.3) is 0 Å². The van der Waals surface area contributed by atoms with Crippen LogP contribution in [0.25, 0.3) is 0 Å². The Morgan fingerprint density at radius 2 is 2.45 bits per heavy atom. The van der Waals surface area contributed by atoms with Crippen molar-refractivity contribution in [1.82, 2.24) is 0 Å². The number of rotatable bonds is 3. The first kappa shape index (κ1) is 8.68. The molecule has 0 aromatic heterocycles. The Hall–Kier alpha value is -0.410. The maximum atomic E-state index is 10.4. The molecule has 0 radical (unpaired) electrons. The lowest BCUT2D eigenvalue weighted by Crippen LogP contribution is -2.34. The van der Waals surface area contributed by atoms with Gasteiger partial charge in [-0.1, -0.05) is 0 Å². The van der Waals surface area contributed by atoms with Crippen LogP contribution in [0, 0.1) is 0 Å². The highest BCUT2D eigenvalue weighted by atomic mass is 16.5. The molecule has 64 valence electrons. The minimum absolute atomic E-state index is 0.00810. The number of hydrogen-bond donors (Lipinski definition) is 0. The van der Waals surface area contributed by atoms with Gasteiger partial charge in [-0.2, -0.15) is 0 Å². The molecule has 0 bridgehead atoms. The molecule has 0 aromatic rings. The van der Waals surface area contributed by atoms with Crippen molar-refractivity contribution in [3.63, 3.8) is 0 Å². The molecule has 1 aliphatic heterocycles. The van der Waals surface area contributed by atoms with E-state index >= 15 is 0 Å². The van der Waals surface area contributed by atoms with Gasteiger partial charge in [-0.05, 0) is 19.3 Å². The average Bonchev–Trinajstić information content (AvgIpc) is 2.09. The van der Waals surface area contributed by atoms with Crippen LogP contribution in [-0.4, -0.2) is 32.2 Å². The largest absolute Gasteiger partial charge is 0.375 e. The maximum absolute atomic E-state index is 10.4. The van der Waals surface area contributed by atoms with E-state index in [2.05, 4.69) is 0 Å². The second-order valence-electron chi connectivity index (χ2n) is 2.74. The molecule has 0 amide bonds. The van der Waals surface area contributed by atoms with Crippen molar-refractivity contribution in [3.8, 4) is 0 Å². The monoisotopic (exact) mass is 158 g/mol. The zero-order valence-corrected chi connectivity index (χ0v) is 6.79. The molecule has 3 nitrogen and oxygen atoms in total. The van der Waals surface area contributed by atoms with Crippen molar-refractivity contribution in [2.75, 3.05) is 13.7 Å². The second-order valence-corrected chi connectivity index (χ2v) is 2.74. The van der Waals surface area contributed by atoms with Crippen LogP contribution in [0.4, 0.5) is 0 Å². The third-order valence-electron chi connectivity index (χ3n) is 1.99. The summed E-state index contributed by atoms with van der Waals surface area (Å²) in [4.78, 5) is 10.4. The van der Waals surface area contributed by atoms with Crippen molar-refractivity contribution in [3.05, 3.63) is 0 Å². The minimum atomic E-state index is -0.365. The molecule has 0 aliphatic carbocycles. The van der Waals surface area contributed by atoms with Crippen LogP contribution in [0.5, 0.6) is 0 Å². The van der Waals surface area contributed by atoms with Gasteiger partial charge in [0.2, 0.25) is 0 Å². The number of carbonyl (C=O) groups is 1. The van der Waals surface area contributed by atoms with Gasteiger partial charge in [0, 0.05) is 13.7 Å². The van der Waals surface area contributed by atoms with E-state index in [1.54, 1.807) is 0 Å². The van der Waals surface area contributed by atoms with Crippen LogP contribution < -0.4 is 0 Å². The third kappa shape index (κ3) is 2.27. The number of aldehydes is 1. The van der Waals surface area contributed by atoms with E-state index in [0.29, 0.717) is 0 Å². The Morgan fingerprint density at radius 1 is 1.64 bits per heavy atom. The number of methoxy groups -OCH3 is 1. The second kappa shape index (κ2) is 4.46. The first-order valence-electron chi connectivity index (χ1n) is 3.98. The van der Waals surface area contributed by atoms with Crippen LogP contribution in [0.15, 0.2) is 0 Å². The smallest absolute Gasteiger partial charge is 0.151 e. The summed E-state index contributed by atoms with van der Waals surface area (Å²) >= 11 is 0. The highest BCUT2D eigenvalue weighted by Crippen LogP contribution is 2.16. The molecule has 2 atom stereocenters. The van der Waals surface area contributed by atoms with Crippen LogP contribution >= 0.6 is 0 Å². The summed E-state index contributed by atoms with van der Waals surface area (Å²) in [6.07, 6.45) is 3.62. The van der Waals surface area contributed by atoms with E-state index in [9.17, 15) is 4.79 Å². The fraction of sp³-hybridized carbons (Fsp3) is 0.875. The first-order valence-corrected chi connectivity index (χ1v) is 3.98. The fourth-order valence-corrected chi connectivity index (χ4v) is 1.32. The van der Waals surface area contributed by atoms with Gasteiger partial charge >= 0.3 is 0 Å². The molecule has 11 heavy (non-hydrogen) atoms. The normalized spacial score (nSPS) is 27.9. The Kier molecular flexibility index (Phi) is 3.52. The lowest BCUT2D eigenvalue weighted by atomic mass is 10.1. The van der Waals surface area contributed by atoms with Gasteiger partial charge in [-0.25, -0.2) is 0 Å². The topological polar surface area (TPSA) is 35.5 Å². The lowest BCUT2D eigenvalue weighted by molar-refractivity contribution is -0.129. The number of carbonyl (C=O) groups excluding carboxylic acids is 1. The van der Waals surface area contributed by atoms with Crippen LogP contribution in [0.3, 0.4) is 0 Å². The maximum Gasteiger partial charge on any atom is 0.151 e. The summed E-state index contributed by atoms with van der Waals surface area (Å²) in [5, 5.41) is 0. The predicted molar refractivity (Wildman–Crippen MR) is 40.5 cm³/mol. The highest BCUT2D eigenvalue weighted by Gasteiger charge is 2.23. The summed E-state index contributed by atoms with van der Waals surface area (Å²) in [6, 6.07) is 0. The molecule has 2 unspecified atom stereocenters. The Morgan fingerprint density at radius 3 is 2.91 bits per heavy atom. The summed E-state index contributed by atoms with van der Waals surface area (Å²) < 4.78 is 10.3. The molecule has 0 N–H and O–H groups in total. The van der Waals surface area contributed by atoms with Crippen molar-refractivity contribution >= 4 is 6.29 Å². The molecule has 3 heteroatoms. The van der Waals surface area contributed by atoms with E-state index in [1.165, 1.54) is 7.11 Å². The summed E-state index contributed by atoms with van der Waals surface area (Å²) in [5.74, 6) is 0. The molecular formula is C8H14O3.